The van der Waals surface area contributed by atoms with Crippen molar-refractivity contribution in [3.63, 3.8) is 0 Å². The number of rotatable bonds is 4. The van der Waals surface area contributed by atoms with Gasteiger partial charge >= 0.3 is 5.97 Å². The van der Waals surface area contributed by atoms with Crippen LogP contribution in [0.3, 0.4) is 0 Å². The average molecular weight is 244 g/mol. The fourth-order valence-corrected chi connectivity index (χ4v) is 2.07. The van der Waals surface area contributed by atoms with Crippen molar-refractivity contribution in [3.05, 3.63) is 41.0 Å². The van der Waals surface area contributed by atoms with Crippen molar-refractivity contribution in [2.45, 2.75) is 33.1 Å². The van der Waals surface area contributed by atoms with Crippen molar-refractivity contribution in [2.75, 3.05) is 6.61 Å². The molecule has 0 radical (unpaired) electrons. The zero-order valence-electron chi connectivity index (χ0n) is 11.1. The summed E-state index contributed by atoms with van der Waals surface area (Å²) >= 11 is 0. The Morgan fingerprint density at radius 2 is 2.06 bits per heavy atom. The smallest absolute Gasteiger partial charge is 0.334 e. The molecule has 0 N–H and O–H groups in total. The van der Waals surface area contributed by atoms with Crippen LogP contribution in [0.1, 0.15) is 37.8 Å². The predicted molar refractivity (Wildman–Crippen MR) is 73.2 cm³/mol. The molecule has 0 spiro atoms. The summed E-state index contributed by atoms with van der Waals surface area (Å²) in [7, 11) is 0. The fraction of sp³-hybridized carbons (Fsp3) is 0.438. The molecule has 0 aromatic heterocycles. The van der Waals surface area contributed by atoms with Gasteiger partial charge in [-0.1, -0.05) is 38.1 Å². The molecule has 0 saturated carbocycles. The lowest BCUT2D eigenvalue weighted by atomic mass is 9.92. The minimum absolute atomic E-state index is 0.148. The Hall–Kier alpha value is -1.57. The first kappa shape index (κ1) is 12.9. The van der Waals surface area contributed by atoms with Gasteiger partial charge in [-0.25, -0.2) is 4.79 Å². The van der Waals surface area contributed by atoms with Crippen LogP contribution in [0.25, 0.3) is 6.08 Å². The minimum atomic E-state index is -0.148. The van der Waals surface area contributed by atoms with Crippen LogP contribution in [-0.4, -0.2) is 12.6 Å². The van der Waals surface area contributed by atoms with Gasteiger partial charge in [-0.3, -0.25) is 0 Å². The highest BCUT2D eigenvalue weighted by atomic mass is 16.5. The number of ether oxygens (including phenoxy) is 1. The van der Waals surface area contributed by atoms with E-state index < -0.39 is 0 Å². The van der Waals surface area contributed by atoms with Gasteiger partial charge < -0.3 is 4.74 Å². The third-order valence-corrected chi connectivity index (χ3v) is 3.24. The minimum Gasteiger partial charge on any atom is -0.462 e. The van der Waals surface area contributed by atoms with E-state index in [1.807, 2.05) is 18.2 Å². The van der Waals surface area contributed by atoms with Gasteiger partial charge in [0.15, 0.2) is 0 Å². The van der Waals surface area contributed by atoms with Crippen molar-refractivity contribution in [3.8, 4) is 0 Å². The molecule has 0 amide bonds. The molecule has 1 aromatic rings. The van der Waals surface area contributed by atoms with Crippen LogP contribution < -0.4 is 0 Å². The van der Waals surface area contributed by atoms with Gasteiger partial charge in [-0.2, -0.15) is 0 Å². The summed E-state index contributed by atoms with van der Waals surface area (Å²) in [6.45, 7) is 4.78. The molecule has 0 unspecified atom stereocenters. The van der Waals surface area contributed by atoms with E-state index >= 15 is 0 Å². The lowest BCUT2D eigenvalue weighted by Gasteiger charge is -2.15. The largest absolute Gasteiger partial charge is 0.462 e. The summed E-state index contributed by atoms with van der Waals surface area (Å²) in [5, 5.41) is 0. The van der Waals surface area contributed by atoms with Crippen LogP contribution in [0, 0.1) is 5.92 Å². The van der Waals surface area contributed by atoms with E-state index in [-0.39, 0.29) is 5.97 Å². The van der Waals surface area contributed by atoms with Crippen molar-refractivity contribution in [1.82, 2.24) is 0 Å². The third kappa shape index (κ3) is 3.22. The molecular formula is C16H20O2. The number of hydrogen-bond acceptors (Lipinski definition) is 2. The highest BCUT2D eigenvalue weighted by Crippen LogP contribution is 2.24. The topological polar surface area (TPSA) is 26.3 Å². The molecule has 1 aromatic carbocycles. The maximum Gasteiger partial charge on any atom is 0.334 e. The number of fused-ring (bicyclic) bond motifs is 1. The summed E-state index contributed by atoms with van der Waals surface area (Å²) in [5.41, 5.74) is 3.27. The number of benzene rings is 1. The van der Waals surface area contributed by atoms with E-state index in [1.54, 1.807) is 0 Å². The Balaban J connectivity index is 1.98. The molecular weight excluding hydrogens is 224 g/mol. The first-order valence-electron chi connectivity index (χ1n) is 6.62. The third-order valence-electron chi connectivity index (χ3n) is 3.24. The summed E-state index contributed by atoms with van der Waals surface area (Å²) in [6, 6.07) is 8.21. The Labute approximate surface area is 109 Å². The number of hydrogen-bond donors (Lipinski definition) is 0. The Morgan fingerprint density at radius 1 is 1.28 bits per heavy atom. The van der Waals surface area contributed by atoms with Crippen LogP contribution in [-0.2, 0) is 16.0 Å². The van der Waals surface area contributed by atoms with E-state index in [4.69, 9.17) is 4.74 Å². The molecule has 2 nitrogen and oxygen atoms in total. The summed E-state index contributed by atoms with van der Waals surface area (Å²) in [6.07, 6.45) is 4.62. The highest BCUT2D eigenvalue weighted by Gasteiger charge is 2.16. The molecule has 1 aliphatic rings. The van der Waals surface area contributed by atoms with Crippen molar-refractivity contribution in [2.24, 2.45) is 5.92 Å². The van der Waals surface area contributed by atoms with Gasteiger partial charge in [0.05, 0.1) is 6.61 Å². The molecule has 2 rings (SSSR count). The van der Waals surface area contributed by atoms with E-state index in [1.165, 1.54) is 5.56 Å². The number of esters is 1. The molecule has 0 aliphatic heterocycles. The maximum absolute atomic E-state index is 11.9. The van der Waals surface area contributed by atoms with E-state index in [0.717, 1.165) is 30.4 Å². The summed E-state index contributed by atoms with van der Waals surface area (Å²) in [4.78, 5) is 11.9. The van der Waals surface area contributed by atoms with Crippen molar-refractivity contribution >= 4 is 12.0 Å². The molecule has 0 bridgehead atoms. The van der Waals surface area contributed by atoms with Crippen LogP contribution in [0.5, 0.6) is 0 Å². The molecule has 0 heterocycles. The van der Waals surface area contributed by atoms with Gasteiger partial charge in [0.2, 0.25) is 0 Å². The first-order chi connectivity index (χ1) is 8.66. The monoisotopic (exact) mass is 244 g/mol. The van der Waals surface area contributed by atoms with Gasteiger partial charge in [-0.05, 0) is 42.4 Å². The second kappa shape index (κ2) is 5.85. The number of aryl methyl sites for hydroxylation is 1. The zero-order valence-corrected chi connectivity index (χ0v) is 11.1. The normalized spacial score (nSPS) is 14.1. The lowest BCUT2D eigenvalue weighted by molar-refractivity contribution is -0.139. The summed E-state index contributed by atoms with van der Waals surface area (Å²) in [5.74, 6) is 0.420. The molecule has 0 fully saturated rings. The van der Waals surface area contributed by atoms with Gasteiger partial charge in [0, 0.05) is 5.57 Å². The SMILES string of the molecule is CC(C)CCOC(=O)C1=Cc2ccccc2CC1. The molecule has 1 aliphatic carbocycles. The molecule has 96 valence electrons. The standard InChI is InChI=1S/C16H20O2/c1-12(2)9-10-18-16(17)15-8-7-13-5-3-4-6-14(13)11-15/h3-6,11-12H,7-10H2,1-2H3. The van der Waals surface area contributed by atoms with Crippen molar-refractivity contribution in [1.29, 1.82) is 0 Å². The molecule has 2 heteroatoms. The molecule has 18 heavy (non-hydrogen) atoms. The maximum atomic E-state index is 11.9. The molecule has 0 atom stereocenters. The quantitative estimate of drug-likeness (QED) is 0.756. The zero-order chi connectivity index (χ0) is 13.0. The van der Waals surface area contributed by atoms with Gasteiger partial charge in [0.25, 0.3) is 0 Å². The Morgan fingerprint density at radius 3 is 2.83 bits per heavy atom. The lowest BCUT2D eigenvalue weighted by Crippen LogP contribution is -2.13. The van der Waals surface area contributed by atoms with E-state index in [9.17, 15) is 4.79 Å². The summed E-state index contributed by atoms with van der Waals surface area (Å²) < 4.78 is 5.30. The van der Waals surface area contributed by atoms with Crippen LogP contribution in [0.4, 0.5) is 0 Å². The first-order valence-corrected chi connectivity index (χ1v) is 6.62. The van der Waals surface area contributed by atoms with E-state index in [2.05, 4.69) is 26.0 Å². The highest BCUT2D eigenvalue weighted by molar-refractivity contribution is 5.94. The van der Waals surface area contributed by atoms with E-state index in [0.29, 0.717) is 12.5 Å². The second-order valence-electron chi connectivity index (χ2n) is 5.19. The van der Waals surface area contributed by atoms with Gasteiger partial charge in [-0.15, -0.1) is 0 Å². The van der Waals surface area contributed by atoms with Crippen LogP contribution >= 0.6 is 0 Å². The van der Waals surface area contributed by atoms with Crippen molar-refractivity contribution < 1.29 is 9.53 Å². The molecule has 0 saturated heterocycles. The predicted octanol–water partition coefficient (Wildman–Crippen LogP) is 3.61. The average Bonchev–Trinajstić information content (AvgIpc) is 2.37. The fourth-order valence-electron chi connectivity index (χ4n) is 2.07. The van der Waals surface area contributed by atoms with Crippen LogP contribution in [0.2, 0.25) is 0 Å². The van der Waals surface area contributed by atoms with Gasteiger partial charge in [0.1, 0.15) is 0 Å². The number of carbonyl (C=O) groups is 1. The Bertz CT molecular complexity index is 458. The van der Waals surface area contributed by atoms with Crippen LogP contribution in [0.15, 0.2) is 29.8 Å². The Kier molecular flexibility index (Phi) is 4.19. The number of carbonyl (C=O) groups excluding carboxylic acids is 1. The second-order valence-corrected chi connectivity index (χ2v) is 5.19.